The molecule has 1 spiro atoms. The van der Waals surface area contributed by atoms with E-state index >= 15 is 0 Å². The lowest BCUT2D eigenvalue weighted by molar-refractivity contribution is -0.0841. The molecule has 2 aliphatic heterocycles. The van der Waals surface area contributed by atoms with Gasteiger partial charge in [0.15, 0.2) is 0 Å². The minimum atomic E-state index is 0.176. The van der Waals surface area contributed by atoms with Crippen LogP contribution in [0.15, 0.2) is 24.3 Å². The Labute approximate surface area is 166 Å². The van der Waals surface area contributed by atoms with Crippen LogP contribution in [0.5, 0.6) is 5.75 Å². The molecule has 0 aromatic heterocycles. The number of para-hydroxylation sites is 1. The summed E-state index contributed by atoms with van der Waals surface area (Å²) in [4.78, 5) is 0. The molecule has 26 heavy (non-hydrogen) atoms. The highest BCUT2D eigenvalue weighted by atomic mass is 32.2. The van der Waals surface area contributed by atoms with Crippen LogP contribution in [0.3, 0.4) is 0 Å². The van der Waals surface area contributed by atoms with Gasteiger partial charge in [-0.15, -0.1) is 23.5 Å². The van der Waals surface area contributed by atoms with Crippen molar-refractivity contribution >= 4 is 23.5 Å². The van der Waals surface area contributed by atoms with Crippen LogP contribution in [0.4, 0.5) is 0 Å². The summed E-state index contributed by atoms with van der Waals surface area (Å²) in [7, 11) is 0. The molecule has 2 nitrogen and oxygen atoms in total. The van der Waals surface area contributed by atoms with Crippen molar-refractivity contribution in [1.82, 2.24) is 0 Å². The Kier molecular flexibility index (Phi) is 4.73. The molecule has 3 fully saturated rings. The van der Waals surface area contributed by atoms with Gasteiger partial charge in [-0.1, -0.05) is 24.6 Å². The first-order valence-corrected chi connectivity index (χ1v) is 12.3. The van der Waals surface area contributed by atoms with E-state index in [2.05, 4.69) is 54.7 Å². The van der Waals surface area contributed by atoms with E-state index in [1.807, 2.05) is 0 Å². The zero-order valence-corrected chi connectivity index (χ0v) is 17.4. The third kappa shape index (κ3) is 2.58. The quantitative estimate of drug-likeness (QED) is 0.671. The van der Waals surface area contributed by atoms with Gasteiger partial charge in [0.05, 0.1) is 17.3 Å². The molecule has 4 aliphatic rings. The Morgan fingerprint density at radius 1 is 1.12 bits per heavy atom. The molecule has 2 aliphatic carbocycles. The van der Waals surface area contributed by atoms with E-state index in [1.165, 1.54) is 49.2 Å². The molecule has 1 aromatic rings. The summed E-state index contributed by atoms with van der Waals surface area (Å²) >= 11 is 4.59. The number of ether oxygens (including phenoxy) is 2. The minimum absolute atomic E-state index is 0.176. The highest BCUT2D eigenvalue weighted by molar-refractivity contribution is 8.18. The van der Waals surface area contributed by atoms with E-state index in [1.54, 1.807) is 0 Å². The highest BCUT2D eigenvalue weighted by Gasteiger charge is 2.64. The minimum Gasteiger partial charge on any atom is -0.493 e. The van der Waals surface area contributed by atoms with Gasteiger partial charge in [-0.2, -0.15) is 0 Å². The van der Waals surface area contributed by atoms with E-state index in [9.17, 15) is 0 Å². The number of hydrogen-bond acceptors (Lipinski definition) is 4. The predicted octanol–water partition coefficient (Wildman–Crippen LogP) is 5.57. The lowest BCUT2D eigenvalue weighted by atomic mass is 9.55. The van der Waals surface area contributed by atoms with E-state index < -0.39 is 0 Å². The zero-order chi connectivity index (χ0) is 17.6. The number of hydrogen-bond donors (Lipinski definition) is 0. The van der Waals surface area contributed by atoms with E-state index in [0.29, 0.717) is 10.00 Å². The van der Waals surface area contributed by atoms with E-state index in [4.69, 9.17) is 9.47 Å². The third-order valence-electron chi connectivity index (χ3n) is 7.35. The van der Waals surface area contributed by atoms with Crippen LogP contribution < -0.4 is 4.74 Å². The number of thioether (sulfide) groups is 2. The summed E-state index contributed by atoms with van der Waals surface area (Å²) < 4.78 is 13.0. The van der Waals surface area contributed by atoms with Gasteiger partial charge in [-0.3, -0.25) is 0 Å². The second-order valence-electron chi connectivity index (χ2n) is 8.46. The molecule has 4 unspecified atom stereocenters. The Morgan fingerprint density at radius 2 is 1.92 bits per heavy atom. The molecule has 4 atom stereocenters. The second kappa shape index (κ2) is 6.93. The van der Waals surface area contributed by atoms with Gasteiger partial charge in [-0.05, 0) is 67.6 Å². The summed E-state index contributed by atoms with van der Waals surface area (Å²) in [6.45, 7) is 4.66. The van der Waals surface area contributed by atoms with Crippen molar-refractivity contribution in [2.24, 2.45) is 17.3 Å². The van der Waals surface area contributed by atoms with Crippen molar-refractivity contribution in [3.05, 3.63) is 29.8 Å². The molecule has 0 radical (unpaired) electrons. The fourth-order valence-corrected chi connectivity index (χ4v) is 10.1. The standard InChI is InChI=1S/C22H30O2S2/c1-2-23-14-21-15-24-20-10-4-3-7-16(20)19(21)13-22(25-11-6-12-26-22)18-9-5-8-17(18)21/h3-4,7,10,17-19H,2,5-6,8-9,11-15H2,1H3. The van der Waals surface area contributed by atoms with Gasteiger partial charge < -0.3 is 9.47 Å². The zero-order valence-electron chi connectivity index (χ0n) is 15.7. The van der Waals surface area contributed by atoms with Gasteiger partial charge in [0.2, 0.25) is 0 Å². The molecule has 2 heterocycles. The molecular formula is C22H30O2S2. The Morgan fingerprint density at radius 3 is 2.77 bits per heavy atom. The van der Waals surface area contributed by atoms with Gasteiger partial charge in [0.25, 0.3) is 0 Å². The van der Waals surface area contributed by atoms with Crippen LogP contribution in [0.1, 0.15) is 50.5 Å². The second-order valence-corrected chi connectivity index (χ2v) is 11.6. The normalized spacial score (nSPS) is 37.5. The summed E-state index contributed by atoms with van der Waals surface area (Å²) in [6, 6.07) is 8.83. The largest absolute Gasteiger partial charge is 0.493 e. The summed E-state index contributed by atoms with van der Waals surface area (Å²) in [5, 5.41) is 0. The molecule has 142 valence electrons. The Balaban J connectivity index is 1.61. The van der Waals surface area contributed by atoms with Crippen LogP contribution in [0.2, 0.25) is 0 Å². The highest BCUT2D eigenvalue weighted by Crippen LogP contribution is 2.70. The summed E-state index contributed by atoms with van der Waals surface area (Å²) in [5.41, 5.74) is 1.63. The Bertz CT molecular complexity index is 657. The third-order valence-corrected chi connectivity index (χ3v) is 11.0. The van der Waals surface area contributed by atoms with Crippen molar-refractivity contribution in [3.8, 4) is 5.75 Å². The van der Waals surface area contributed by atoms with Crippen molar-refractivity contribution in [1.29, 1.82) is 0 Å². The average Bonchev–Trinajstić information content (AvgIpc) is 3.20. The van der Waals surface area contributed by atoms with Crippen LogP contribution in [-0.4, -0.2) is 35.4 Å². The topological polar surface area (TPSA) is 18.5 Å². The van der Waals surface area contributed by atoms with Gasteiger partial charge in [0, 0.05) is 17.9 Å². The van der Waals surface area contributed by atoms with E-state index in [0.717, 1.165) is 37.4 Å². The molecule has 1 aromatic carbocycles. The maximum Gasteiger partial charge on any atom is 0.122 e. The lowest BCUT2D eigenvalue weighted by Crippen LogP contribution is -2.58. The average molecular weight is 391 g/mol. The van der Waals surface area contributed by atoms with Crippen LogP contribution in [0.25, 0.3) is 0 Å². The summed E-state index contributed by atoms with van der Waals surface area (Å²) in [5.74, 6) is 5.99. The number of fused-ring (bicyclic) bond motifs is 6. The fourth-order valence-electron chi connectivity index (χ4n) is 6.28. The monoisotopic (exact) mass is 390 g/mol. The van der Waals surface area contributed by atoms with E-state index in [-0.39, 0.29) is 5.41 Å². The molecule has 5 rings (SSSR count). The van der Waals surface area contributed by atoms with Crippen molar-refractivity contribution < 1.29 is 9.47 Å². The maximum absolute atomic E-state index is 6.38. The maximum atomic E-state index is 6.38. The number of benzene rings is 1. The fraction of sp³-hybridized carbons (Fsp3) is 0.727. The SMILES string of the molecule is CCOCC12COc3ccccc3C1CC1(SCCCS1)C1CCCC12. The van der Waals surface area contributed by atoms with Gasteiger partial charge in [0.1, 0.15) is 5.75 Å². The van der Waals surface area contributed by atoms with Crippen LogP contribution in [0, 0.1) is 17.3 Å². The first-order chi connectivity index (χ1) is 12.8. The first-order valence-electron chi connectivity index (χ1n) is 10.4. The summed E-state index contributed by atoms with van der Waals surface area (Å²) in [6.07, 6.45) is 6.84. The molecule has 0 bridgehead atoms. The van der Waals surface area contributed by atoms with Crippen LogP contribution in [-0.2, 0) is 4.74 Å². The molecular weight excluding hydrogens is 360 g/mol. The van der Waals surface area contributed by atoms with Crippen LogP contribution >= 0.6 is 23.5 Å². The molecule has 1 saturated heterocycles. The molecule has 4 heteroatoms. The number of rotatable bonds is 3. The lowest BCUT2D eigenvalue weighted by Gasteiger charge is -2.60. The van der Waals surface area contributed by atoms with Crippen molar-refractivity contribution in [3.63, 3.8) is 0 Å². The predicted molar refractivity (Wildman–Crippen MR) is 111 cm³/mol. The van der Waals surface area contributed by atoms with Gasteiger partial charge in [-0.25, -0.2) is 0 Å². The molecule has 0 amide bonds. The van der Waals surface area contributed by atoms with Gasteiger partial charge >= 0.3 is 0 Å². The molecule has 0 N–H and O–H groups in total. The van der Waals surface area contributed by atoms with Crippen molar-refractivity contribution in [2.75, 3.05) is 31.3 Å². The van der Waals surface area contributed by atoms with Crippen molar-refractivity contribution in [2.45, 2.75) is 49.0 Å². The Hall–Kier alpha value is -0.320. The first kappa shape index (κ1) is 17.8. The molecule has 2 saturated carbocycles. The smallest absolute Gasteiger partial charge is 0.122 e.